The number of esters is 1. The van der Waals surface area contributed by atoms with Crippen LogP contribution in [0.15, 0.2) is 60.7 Å². The number of ether oxygens (including phenoxy) is 1. The van der Waals surface area contributed by atoms with Crippen LogP contribution in [0.1, 0.15) is 30.4 Å². The highest BCUT2D eigenvalue weighted by atomic mass is 16.5. The van der Waals surface area contributed by atoms with Gasteiger partial charge in [-0.25, -0.2) is 0 Å². The van der Waals surface area contributed by atoms with Crippen LogP contribution < -0.4 is 0 Å². The molecule has 2 aromatic rings. The van der Waals surface area contributed by atoms with Crippen molar-refractivity contribution in [2.75, 3.05) is 6.61 Å². The van der Waals surface area contributed by atoms with Gasteiger partial charge in [0, 0.05) is 0 Å². The Bertz CT molecular complexity index is 694. The van der Waals surface area contributed by atoms with E-state index in [0.29, 0.717) is 12.5 Å². The van der Waals surface area contributed by atoms with Crippen molar-refractivity contribution in [1.82, 2.24) is 0 Å². The monoisotopic (exact) mass is 352 g/mol. The van der Waals surface area contributed by atoms with Gasteiger partial charge in [-0.05, 0) is 42.7 Å². The normalized spacial score (nSPS) is 14.5. The minimum Gasteiger partial charge on any atom is -0.480 e. The Morgan fingerprint density at radius 2 is 1.42 bits per heavy atom. The maximum absolute atomic E-state index is 13.0. The first-order valence-corrected chi connectivity index (χ1v) is 9.08. The predicted molar refractivity (Wildman–Crippen MR) is 98.7 cm³/mol. The lowest BCUT2D eigenvalue weighted by molar-refractivity contribution is -0.170. The number of carboxylic acid groups (broad SMARTS) is 1. The van der Waals surface area contributed by atoms with Crippen LogP contribution in [-0.2, 0) is 27.2 Å². The van der Waals surface area contributed by atoms with E-state index in [-0.39, 0.29) is 12.8 Å². The molecule has 0 amide bonds. The van der Waals surface area contributed by atoms with Crippen LogP contribution in [0.5, 0.6) is 0 Å². The van der Waals surface area contributed by atoms with Crippen molar-refractivity contribution in [3.63, 3.8) is 0 Å². The molecule has 1 aliphatic carbocycles. The van der Waals surface area contributed by atoms with E-state index in [0.717, 1.165) is 30.4 Å². The van der Waals surface area contributed by atoms with Crippen molar-refractivity contribution in [1.29, 1.82) is 0 Å². The molecule has 1 fully saturated rings. The van der Waals surface area contributed by atoms with Crippen LogP contribution in [0, 0.1) is 11.3 Å². The van der Waals surface area contributed by atoms with Crippen molar-refractivity contribution in [3.05, 3.63) is 71.8 Å². The zero-order valence-corrected chi connectivity index (χ0v) is 14.8. The summed E-state index contributed by atoms with van der Waals surface area (Å²) in [5.41, 5.74) is 0.00441. The largest absolute Gasteiger partial charge is 0.480 e. The summed E-state index contributed by atoms with van der Waals surface area (Å²) in [5.74, 6) is -1.40. The zero-order chi connectivity index (χ0) is 18.4. The quantitative estimate of drug-likeness (QED) is 0.578. The molecular weight excluding hydrogens is 328 g/mol. The second-order valence-corrected chi connectivity index (χ2v) is 7.11. The van der Waals surface area contributed by atoms with Gasteiger partial charge in [-0.2, -0.15) is 0 Å². The van der Waals surface area contributed by atoms with Gasteiger partial charge in [0.1, 0.15) is 0 Å². The molecule has 4 nitrogen and oxygen atoms in total. The van der Waals surface area contributed by atoms with Crippen molar-refractivity contribution >= 4 is 11.9 Å². The van der Waals surface area contributed by atoms with Crippen molar-refractivity contribution in [2.24, 2.45) is 11.3 Å². The minimum atomic E-state index is -1.62. The molecular formula is C22H24O4. The topological polar surface area (TPSA) is 63.6 Å². The maximum Gasteiger partial charge on any atom is 0.324 e. The molecule has 0 aromatic heterocycles. The van der Waals surface area contributed by atoms with Gasteiger partial charge in [-0.1, -0.05) is 67.1 Å². The molecule has 1 saturated carbocycles. The summed E-state index contributed by atoms with van der Waals surface area (Å²) in [5, 5.41) is 10.1. The Morgan fingerprint density at radius 1 is 0.923 bits per heavy atom. The molecule has 3 rings (SSSR count). The molecule has 0 spiro atoms. The summed E-state index contributed by atoms with van der Waals surface area (Å²) >= 11 is 0. The van der Waals surface area contributed by atoms with E-state index in [4.69, 9.17) is 4.74 Å². The van der Waals surface area contributed by atoms with E-state index in [1.54, 1.807) is 0 Å². The van der Waals surface area contributed by atoms with E-state index < -0.39 is 17.4 Å². The highest BCUT2D eigenvalue weighted by molar-refractivity contribution is 5.99. The van der Waals surface area contributed by atoms with Crippen LogP contribution in [0.2, 0.25) is 0 Å². The average molecular weight is 352 g/mol. The molecule has 1 N–H and O–H groups in total. The minimum absolute atomic E-state index is 0.113. The van der Waals surface area contributed by atoms with Crippen LogP contribution in [0.4, 0.5) is 0 Å². The summed E-state index contributed by atoms with van der Waals surface area (Å²) in [6, 6.07) is 18.5. The third kappa shape index (κ3) is 4.13. The van der Waals surface area contributed by atoms with Gasteiger partial charge >= 0.3 is 11.9 Å². The Hall–Kier alpha value is -2.62. The maximum atomic E-state index is 13.0. The van der Waals surface area contributed by atoms with Crippen molar-refractivity contribution < 1.29 is 19.4 Å². The molecule has 0 bridgehead atoms. The second-order valence-electron chi connectivity index (χ2n) is 7.11. The number of hydrogen-bond acceptors (Lipinski definition) is 3. The highest BCUT2D eigenvalue weighted by Gasteiger charge is 2.48. The highest BCUT2D eigenvalue weighted by Crippen LogP contribution is 2.32. The molecule has 0 aliphatic heterocycles. The molecule has 0 radical (unpaired) electrons. The van der Waals surface area contributed by atoms with Gasteiger partial charge in [-0.3, -0.25) is 9.59 Å². The third-order valence-corrected chi connectivity index (χ3v) is 5.17. The van der Waals surface area contributed by atoms with Gasteiger partial charge in [0.25, 0.3) is 0 Å². The van der Waals surface area contributed by atoms with Crippen LogP contribution in [0.3, 0.4) is 0 Å². The molecule has 1 aliphatic rings. The first kappa shape index (κ1) is 18.2. The standard InChI is InChI=1S/C22H24O4/c23-20(24)22(14-17-8-3-1-4-9-17,15-18-10-5-2-6-11-18)21(25)26-16-19-12-7-13-19/h1-6,8-11,19H,7,12-16H2,(H,23,24). The SMILES string of the molecule is O=C(O)C(Cc1ccccc1)(Cc1ccccc1)C(=O)OCC1CCC1. The van der Waals surface area contributed by atoms with E-state index >= 15 is 0 Å². The summed E-state index contributed by atoms with van der Waals surface area (Å²) in [6.45, 7) is 0.317. The first-order chi connectivity index (χ1) is 12.6. The Kier molecular flexibility index (Phi) is 5.71. The van der Waals surface area contributed by atoms with E-state index in [1.165, 1.54) is 0 Å². The zero-order valence-electron chi connectivity index (χ0n) is 14.8. The van der Waals surface area contributed by atoms with Gasteiger partial charge in [0.15, 0.2) is 5.41 Å². The number of carbonyl (C=O) groups is 2. The third-order valence-electron chi connectivity index (χ3n) is 5.17. The van der Waals surface area contributed by atoms with Crippen molar-refractivity contribution in [3.8, 4) is 0 Å². The van der Waals surface area contributed by atoms with Crippen LogP contribution >= 0.6 is 0 Å². The first-order valence-electron chi connectivity index (χ1n) is 9.08. The number of aliphatic carboxylic acids is 1. The number of carboxylic acids is 1. The summed E-state index contributed by atoms with van der Waals surface area (Å²) in [6.07, 6.45) is 3.47. The number of rotatable bonds is 8. The summed E-state index contributed by atoms with van der Waals surface area (Å²) < 4.78 is 5.50. The molecule has 4 heteroatoms. The molecule has 0 unspecified atom stereocenters. The molecule has 2 aromatic carbocycles. The molecule has 136 valence electrons. The van der Waals surface area contributed by atoms with Gasteiger partial charge in [-0.15, -0.1) is 0 Å². The fraction of sp³-hybridized carbons (Fsp3) is 0.364. The smallest absolute Gasteiger partial charge is 0.324 e. The fourth-order valence-electron chi connectivity index (χ4n) is 3.33. The summed E-state index contributed by atoms with van der Waals surface area (Å²) in [7, 11) is 0. The van der Waals surface area contributed by atoms with Crippen LogP contribution in [0.25, 0.3) is 0 Å². The average Bonchev–Trinajstić information content (AvgIpc) is 2.61. The molecule has 26 heavy (non-hydrogen) atoms. The van der Waals surface area contributed by atoms with E-state index in [2.05, 4.69) is 0 Å². The number of carbonyl (C=O) groups excluding carboxylic acids is 1. The number of benzene rings is 2. The van der Waals surface area contributed by atoms with Gasteiger partial charge in [0.05, 0.1) is 6.61 Å². The Balaban J connectivity index is 1.88. The van der Waals surface area contributed by atoms with E-state index in [1.807, 2.05) is 60.7 Å². The van der Waals surface area contributed by atoms with Crippen LogP contribution in [-0.4, -0.2) is 23.7 Å². The lowest BCUT2D eigenvalue weighted by atomic mass is 9.76. The lowest BCUT2D eigenvalue weighted by Gasteiger charge is -2.30. The summed E-state index contributed by atoms with van der Waals surface area (Å²) in [4.78, 5) is 25.3. The molecule has 0 saturated heterocycles. The van der Waals surface area contributed by atoms with Gasteiger partial charge < -0.3 is 9.84 Å². The predicted octanol–water partition coefficient (Wildman–Crippen LogP) is 3.89. The number of hydrogen-bond donors (Lipinski definition) is 1. The molecule has 0 heterocycles. The van der Waals surface area contributed by atoms with E-state index in [9.17, 15) is 14.7 Å². The Labute approximate surface area is 153 Å². The Morgan fingerprint density at radius 3 is 1.81 bits per heavy atom. The second kappa shape index (κ2) is 8.17. The van der Waals surface area contributed by atoms with Crippen molar-refractivity contribution in [2.45, 2.75) is 32.1 Å². The molecule has 0 atom stereocenters. The fourth-order valence-corrected chi connectivity index (χ4v) is 3.33. The van der Waals surface area contributed by atoms with Gasteiger partial charge in [0.2, 0.25) is 0 Å². The lowest BCUT2D eigenvalue weighted by Crippen LogP contribution is -2.45.